The van der Waals surface area contributed by atoms with E-state index < -0.39 is 0 Å². The summed E-state index contributed by atoms with van der Waals surface area (Å²) in [6.07, 6.45) is 4.08. The number of para-hydroxylation sites is 1. The molecule has 2 aromatic rings. The minimum atomic E-state index is 0.378. The van der Waals surface area contributed by atoms with Crippen molar-refractivity contribution in [1.29, 1.82) is 0 Å². The van der Waals surface area contributed by atoms with Gasteiger partial charge in [0.2, 0.25) is 0 Å². The van der Waals surface area contributed by atoms with E-state index in [4.69, 9.17) is 14.2 Å². The number of hydrogen-bond acceptors (Lipinski definition) is 5. The fraction of sp³-hybridized carbons (Fsp3) is 0.333. The van der Waals surface area contributed by atoms with Crippen LogP contribution in [-0.2, 0) is 11.3 Å². The van der Waals surface area contributed by atoms with Crippen molar-refractivity contribution < 1.29 is 14.2 Å². The van der Waals surface area contributed by atoms with Crippen LogP contribution in [-0.4, -0.2) is 30.3 Å². The third-order valence-corrected chi connectivity index (χ3v) is 3.12. The molecule has 0 unspecified atom stereocenters. The topological polar surface area (TPSA) is 53.5 Å². The molecule has 1 heterocycles. The molecule has 5 nitrogen and oxygen atoms in total. The Kier molecular flexibility index (Phi) is 6.43. The van der Waals surface area contributed by atoms with E-state index in [0.717, 1.165) is 22.2 Å². The minimum Gasteiger partial charge on any atom is -0.496 e. The lowest BCUT2D eigenvalue weighted by molar-refractivity contribution is 0.104. The van der Waals surface area contributed by atoms with Gasteiger partial charge < -0.3 is 14.2 Å². The zero-order valence-corrected chi connectivity index (χ0v) is 13.4. The number of halogens is 1. The molecule has 0 aliphatic heterocycles. The van der Waals surface area contributed by atoms with Gasteiger partial charge >= 0.3 is 6.01 Å². The molecule has 0 atom stereocenters. The van der Waals surface area contributed by atoms with Gasteiger partial charge in [0.15, 0.2) is 0 Å². The Labute approximate surface area is 132 Å². The standard InChI is InChI=1S/C15H17BrN2O3/c1-19-14-6-3-2-5-12(14)11-20-7-4-8-21-15-17-9-13(16)10-18-15/h2-3,5-6,9-10H,4,7-8,11H2,1H3. The van der Waals surface area contributed by atoms with Crippen molar-refractivity contribution in [1.82, 2.24) is 9.97 Å². The molecule has 1 aromatic carbocycles. The molecular weight excluding hydrogens is 336 g/mol. The van der Waals surface area contributed by atoms with Crippen LogP contribution in [0.25, 0.3) is 0 Å². The van der Waals surface area contributed by atoms with E-state index >= 15 is 0 Å². The molecule has 0 aliphatic carbocycles. The molecule has 0 saturated carbocycles. The smallest absolute Gasteiger partial charge is 0.316 e. The summed E-state index contributed by atoms with van der Waals surface area (Å²) in [6.45, 7) is 1.65. The Bertz CT molecular complexity index is 549. The van der Waals surface area contributed by atoms with E-state index in [2.05, 4.69) is 25.9 Å². The highest BCUT2D eigenvalue weighted by molar-refractivity contribution is 9.10. The maximum atomic E-state index is 5.61. The van der Waals surface area contributed by atoms with E-state index in [1.165, 1.54) is 0 Å². The molecule has 0 N–H and O–H groups in total. The van der Waals surface area contributed by atoms with Crippen LogP contribution in [0.2, 0.25) is 0 Å². The van der Waals surface area contributed by atoms with Crippen LogP contribution in [0.5, 0.6) is 11.8 Å². The van der Waals surface area contributed by atoms with Crippen LogP contribution in [0, 0.1) is 0 Å². The lowest BCUT2D eigenvalue weighted by atomic mass is 10.2. The number of nitrogens with zero attached hydrogens (tertiary/aromatic N) is 2. The fourth-order valence-electron chi connectivity index (χ4n) is 1.70. The average molecular weight is 353 g/mol. The van der Waals surface area contributed by atoms with E-state index in [1.54, 1.807) is 19.5 Å². The first-order valence-electron chi connectivity index (χ1n) is 6.59. The van der Waals surface area contributed by atoms with Crippen LogP contribution in [0.4, 0.5) is 0 Å². The van der Waals surface area contributed by atoms with Gasteiger partial charge in [0, 0.05) is 24.4 Å². The molecule has 2 rings (SSSR count). The molecule has 6 heteroatoms. The highest BCUT2D eigenvalue weighted by atomic mass is 79.9. The van der Waals surface area contributed by atoms with Crippen molar-refractivity contribution >= 4 is 15.9 Å². The van der Waals surface area contributed by atoms with Crippen LogP contribution in [0.15, 0.2) is 41.1 Å². The quantitative estimate of drug-likeness (QED) is 0.682. The molecule has 0 bridgehead atoms. The first-order chi connectivity index (χ1) is 10.3. The van der Waals surface area contributed by atoms with E-state index in [0.29, 0.717) is 25.8 Å². The molecule has 0 spiro atoms. The molecule has 0 radical (unpaired) electrons. The Hall–Kier alpha value is -1.66. The summed E-state index contributed by atoms with van der Waals surface area (Å²) in [7, 11) is 1.66. The third kappa shape index (κ3) is 5.32. The van der Waals surface area contributed by atoms with Gasteiger partial charge in [-0.3, -0.25) is 0 Å². The van der Waals surface area contributed by atoms with Crippen molar-refractivity contribution in [2.75, 3.05) is 20.3 Å². The zero-order chi connectivity index (χ0) is 14.9. The largest absolute Gasteiger partial charge is 0.496 e. The van der Waals surface area contributed by atoms with Crippen molar-refractivity contribution in [3.8, 4) is 11.8 Å². The van der Waals surface area contributed by atoms with Gasteiger partial charge in [-0.25, -0.2) is 9.97 Å². The van der Waals surface area contributed by atoms with Gasteiger partial charge in [-0.05, 0) is 22.0 Å². The zero-order valence-electron chi connectivity index (χ0n) is 11.8. The van der Waals surface area contributed by atoms with Crippen LogP contribution >= 0.6 is 15.9 Å². The number of aromatic nitrogens is 2. The maximum absolute atomic E-state index is 5.61. The minimum absolute atomic E-state index is 0.378. The summed E-state index contributed by atoms with van der Waals surface area (Å²) in [4.78, 5) is 8.06. The predicted molar refractivity (Wildman–Crippen MR) is 82.5 cm³/mol. The molecule has 1 aromatic heterocycles. The molecule has 112 valence electrons. The highest BCUT2D eigenvalue weighted by Gasteiger charge is 2.01. The Morgan fingerprint density at radius 3 is 2.62 bits per heavy atom. The van der Waals surface area contributed by atoms with E-state index in [1.807, 2.05) is 24.3 Å². The fourth-order valence-corrected chi connectivity index (χ4v) is 1.91. The van der Waals surface area contributed by atoms with E-state index in [-0.39, 0.29) is 0 Å². The highest BCUT2D eigenvalue weighted by Crippen LogP contribution is 2.18. The average Bonchev–Trinajstić information content (AvgIpc) is 2.53. The summed E-state index contributed by atoms with van der Waals surface area (Å²) in [5.41, 5.74) is 1.04. The lowest BCUT2D eigenvalue weighted by Crippen LogP contribution is -2.05. The Morgan fingerprint density at radius 1 is 1.10 bits per heavy atom. The molecule has 0 amide bonds. The normalized spacial score (nSPS) is 10.4. The summed E-state index contributed by atoms with van der Waals surface area (Å²) in [5.74, 6) is 0.844. The monoisotopic (exact) mass is 352 g/mol. The van der Waals surface area contributed by atoms with Crippen molar-refractivity contribution in [3.63, 3.8) is 0 Å². The van der Waals surface area contributed by atoms with Gasteiger partial charge in [-0.15, -0.1) is 0 Å². The molecular formula is C15H17BrN2O3. The summed E-state index contributed by atoms with van der Waals surface area (Å²) in [5, 5.41) is 0. The SMILES string of the molecule is COc1ccccc1COCCCOc1ncc(Br)cn1. The van der Waals surface area contributed by atoms with E-state index in [9.17, 15) is 0 Å². The Morgan fingerprint density at radius 2 is 1.86 bits per heavy atom. The number of hydrogen-bond donors (Lipinski definition) is 0. The maximum Gasteiger partial charge on any atom is 0.316 e. The number of rotatable bonds is 8. The van der Waals surface area contributed by atoms with Gasteiger partial charge in [-0.1, -0.05) is 18.2 Å². The summed E-state index contributed by atoms with van der Waals surface area (Å²) >= 11 is 3.27. The number of methoxy groups -OCH3 is 1. The molecule has 0 fully saturated rings. The first-order valence-corrected chi connectivity index (χ1v) is 7.39. The Balaban J connectivity index is 1.63. The molecule has 0 saturated heterocycles. The molecule has 21 heavy (non-hydrogen) atoms. The summed E-state index contributed by atoms with van der Waals surface area (Å²) < 4.78 is 17.1. The van der Waals surface area contributed by atoms with Gasteiger partial charge in [0.05, 0.1) is 31.4 Å². The van der Waals surface area contributed by atoms with Crippen LogP contribution in [0.3, 0.4) is 0 Å². The lowest BCUT2D eigenvalue weighted by Gasteiger charge is -2.09. The van der Waals surface area contributed by atoms with Crippen molar-refractivity contribution in [2.45, 2.75) is 13.0 Å². The second-order valence-electron chi connectivity index (χ2n) is 4.25. The first kappa shape index (κ1) is 15.7. The van der Waals surface area contributed by atoms with Crippen molar-refractivity contribution in [3.05, 3.63) is 46.7 Å². The summed E-state index contributed by atoms with van der Waals surface area (Å²) in [6, 6.07) is 8.20. The van der Waals surface area contributed by atoms with Gasteiger partial charge in [0.1, 0.15) is 5.75 Å². The second-order valence-corrected chi connectivity index (χ2v) is 5.17. The van der Waals surface area contributed by atoms with Gasteiger partial charge in [-0.2, -0.15) is 0 Å². The van der Waals surface area contributed by atoms with Gasteiger partial charge in [0.25, 0.3) is 0 Å². The van der Waals surface area contributed by atoms with Crippen LogP contribution < -0.4 is 9.47 Å². The molecule has 0 aliphatic rings. The number of ether oxygens (including phenoxy) is 3. The number of benzene rings is 1. The second kappa shape index (κ2) is 8.59. The van der Waals surface area contributed by atoms with Crippen LogP contribution in [0.1, 0.15) is 12.0 Å². The predicted octanol–water partition coefficient (Wildman–Crippen LogP) is 3.23. The third-order valence-electron chi connectivity index (χ3n) is 2.71. The van der Waals surface area contributed by atoms with Crippen molar-refractivity contribution in [2.24, 2.45) is 0 Å².